The maximum absolute atomic E-state index is 12.4. The van der Waals surface area contributed by atoms with E-state index in [4.69, 9.17) is 4.74 Å². The molecule has 0 unspecified atom stereocenters. The minimum absolute atomic E-state index is 0.0157. The van der Waals surface area contributed by atoms with Gasteiger partial charge >= 0.3 is 5.97 Å². The van der Waals surface area contributed by atoms with Gasteiger partial charge in [-0.25, -0.2) is 4.98 Å². The second kappa shape index (κ2) is 8.79. The average molecular weight is 415 g/mol. The summed E-state index contributed by atoms with van der Waals surface area (Å²) in [6, 6.07) is 20.5. The Bertz CT molecular complexity index is 1340. The number of nitrogens with one attached hydrogen (secondary N) is 1. The fourth-order valence-electron chi connectivity index (χ4n) is 3.38. The second-order valence-corrected chi connectivity index (χ2v) is 7.18. The van der Waals surface area contributed by atoms with Crippen LogP contribution in [0, 0.1) is 0 Å². The van der Waals surface area contributed by atoms with Gasteiger partial charge in [0.25, 0.3) is 11.5 Å². The van der Waals surface area contributed by atoms with Crippen LogP contribution in [0.4, 0.5) is 5.69 Å². The van der Waals surface area contributed by atoms with Crippen molar-refractivity contribution >= 4 is 39.2 Å². The first-order valence-electron chi connectivity index (χ1n) is 9.90. The van der Waals surface area contributed by atoms with Gasteiger partial charge in [0.05, 0.1) is 17.3 Å². The number of carbonyl (C=O) groups excluding carboxylic acids is 2. The van der Waals surface area contributed by atoms with Crippen molar-refractivity contribution in [3.8, 4) is 0 Å². The number of fused-ring (bicyclic) bond motifs is 2. The van der Waals surface area contributed by atoms with Gasteiger partial charge in [0.2, 0.25) is 0 Å². The molecule has 0 atom stereocenters. The van der Waals surface area contributed by atoms with Gasteiger partial charge in [0.15, 0.2) is 6.61 Å². The van der Waals surface area contributed by atoms with Crippen molar-refractivity contribution in [2.75, 3.05) is 11.9 Å². The minimum Gasteiger partial charge on any atom is -0.456 e. The highest BCUT2D eigenvalue weighted by atomic mass is 16.5. The van der Waals surface area contributed by atoms with Gasteiger partial charge in [0.1, 0.15) is 5.82 Å². The Morgan fingerprint density at radius 2 is 1.74 bits per heavy atom. The molecule has 0 fully saturated rings. The molecule has 0 saturated carbocycles. The SMILES string of the molecule is Cn1c(CCC(=O)OCC(=O)Nc2ccc3ccccc3c2)nc2ccccc2c1=O. The van der Waals surface area contributed by atoms with Crippen molar-refractivity contribution in [1.29, 1.82) is 0 Å². The van der Waals surface area contributed by atoms with Crippen LogP contribution in [0.3, 0.4) is 0 Å². The molecular weight excluding hydrogens is 394 g/mol. The van der Waals surface area contributed by atoms with Gasteiger partial charge < -0.3 is 10.1 Å². The molecule has 1 heterocycles. The number of para-hydroxylation sites is 1. The second-order valence-electron chi connectivity index (χ2n) is 7.18. The monoisotopic (exact) mass is 415 g/mol. The average Bonchev–Trinajstić information content (AvgIpc) is 2.79. The normalized spacial score (nSPS) is 10.9. The lowest BCUT2D eigenvalue weighted by Crippen LogP contribution is -2.24. The first-order chi connectivity index (χ1) is 15.0. The Balaban J connectivity index is 1.32. The van der Waals surface area contributed by atoms with Gasteiger partial charge in [-0.15, -0.1) is 0 Å². The number of esters is 1. The predicted octanol–water partition coefficient (Wildman–Crippen LogP) is 3.20. The van der Waals surface area contributed by atoms with Crippen molar-refractivity contribution in [1.82, 2.24) is 9.55 Å². The molecule has 1 N–H and O–H groups in total. The lowest BCUT2D eigenvalue weighted by atomic mass is 10.1. The number of carbonyl (C=O) groups is 2. The number of aryl methyl sites for hydroxylation is 1. The molecule has 0 radical (unpaired) electrons. The van der Waals surface area contributed by atoms with Crippen LogP contribution in [0.1, 0.15) is 12.2 Å². The largest absolute Gasteiger partial charge is 0.456 e. The number of ether oxygens (including phenoxy) is 1. The Morgan fingerprint density at radius 3 is 2.58 bits per heavy atom. The van der Waals surface area contributed by atoms with Crippen LogP contribution in [0.25, 0.3) is 21.7 Å². The van der Waals surface area contributed by atoms with Crippen LogP contribution < -0.4 is 10.9 Å². The third kappa shape index (κ3) is 4.61. The van der Waals surface area contributed by atoms with E-state index in [1.165, 1.54) is 4.57 Å². The molecule has 7 nitrogen and oxygen atoms in total. The highest BCUT2D eigenvalue weighted by Crippen LogP contribution is 2.18. The summed E-state index contributed by atoms with van der Waals surface area (Å²) < 4.78 is 6.51. The topological polar surface area (TPSA) is 90.3 Å². The Kier molecular flexibility index (Phi) is 5.75. The van der Waals surface area contributed by atoms with E-state index < -0.39 is 11.9 Å². The van der Waals surface area contributed by atoms with E-state index in [0.717, 1.165) is 10.8 Å². The summed E-state index contributed by atoms with van der Waals surface area (Å²) in [5.74, 6) is -0.461. The molecule has 0 aliphatic heterocycles. The van der Waals surface area contributed by atoms with Gasteiger partial charge in [-0.1, -0.05) is 42.5 Å². The van der Waals surface area contributed by atoms with Gasteiger partial charge in [-0.05, 0) is 35.0 Å². The van der Waals surface area contributed by atoms with E-state index in [9.17, 15) is 14.4 Å². The Labute approximate surface area is 178 Å². The molecule has 31 heavy (non-hydrogen) atoms. The lowest BCUT2D eigenvalue weighted by Gasteiger charge is -2.10. The number of rotatable bonds is 6. The first-order valence-corrected chi connectivity index (χ1v) is 9.90. The molecule has 0 saturated heterocycles. The van der Waals surface area contributed by atoms with E-state index in [-0.39, 0.29) is 25.0 Å². The number of amides is 1. The molecule has 156 valence electrons. The number of benzene rings is 3. The zero-order valence-electron chi connectivity index (χ0n) is 17.0. The van der Waals surface area contributed by atoms with Crippen molar-refractivity contribution in [3.63, 3.8) is 0 Å². The fraction of sp³-hybridized carbons (Fsp3) is 0.167. The van der Waals surface area contributed by atoms with Crippen LogP contribution >= 0.6 is 0 Å². The Hall–Kier alpha value is -4.00. The van der Waals surface area contributed by atoms with Crippen LogP contribution in [-0.4, -0.2) is 28.0 Å². The highest BCUT2D eigenvalue weighted by molar-refractivity contribution is 5.95. The number of hydrogen-bond acceptors (Lipinski definition) is 5. The summed E-state index contributed by atoms with van der Waals surface area (Å²) in [4.78, 5) is 41.1. The smallest absolute Gasteiger partial charge is 0.306 e. The third-order valence-corrected chi connectivity index (χ3v) is 5.03. The highest BCUT2D eigenvalue weighted by Gasteiger charge is 2.12. The van der Waals surface area contributed by atoms with Crippen LogP contribution in [0.5, 0.6) is 0 Å². The maximum atomic E-state index is 12.4. The zero-order chi connectivity index (χ0) is 21.8. The zero-order valence-corrected chi connectivity index (χ0v) is 17.0. The van der Waals surface area contributed by atoms with Crippen molar-refractivity contribution in [2.24, 2.45) is 7.05 Å². The van der Waals surface area contributed by atoms with Crippen LogP contribution in [0.15, 0.2) is 71.5 Å². The molecule has 7 heteroatoms. The van der Waals surface area contributed by atoms with Crippen molar-refractivity contribution < 1.29 is 14.3 Å². The predicted molar refractivity (Wildman–Crippen MR) is 119 cm³/mol. The summed E-state index contributed by atoms with van der Waals surface area (Å²) in [7, 11) is 1.62. The molecular formula is C24H21N3O4. The quantitative estimate of drug-likeness (QED) is 0.489. The summed E-state index contributed by atoms with van der Waals surface area (Å²) >= 11 is 0. The number of hydrogen-bond donors (Lipinski definition) is 1. The summed E-state index contributed by atoms with van der Waals surface area (Å²) in [5, 5.41) is 5.33. The van der Waals surface area contributed by atoms with E-state index in [0.29, 0.717) is 22.4 Å². The van der Waals surface area contributed by atoms with E-state index in [1.807, 2.05) is 36.4 Å². The number of aromatic nitrogens is 2. The minimum atomic E-state index is -0.531. The van der Waals surface area contributed by atoms with Gasteiger partial charge in [-0.3, -0.25) is 19.0 Å². The van der Waals surface area contributed by atoms with E-state index >= 15 is 0 Å². The van der Waals surface area contributed by atoms with Crippen LogP contribution in [0.2, 0.25) is 0 Å². The maximum Gasteiger partial charge on any atom is 0.306 e. The molecule has 4 aromatic rings. The molecule has 1 aromatic heterocycles. The van der Waals surface area contributed by atoms with Gasteiger partial charge in [0, 0.05) is 19.2 Å². The molecule has 0 spiro atoms. The van der Waals surface area contributed by atoms with Crippen LogP contribution in [-0.2, 0) is 27.8 Å². The summed E-state index contributed by atoms with van der Waals surface area (Å²) in [5.41, 5.74) is 1.06. The third-order valence-electron chi connectivity index (χ3n) is 5.03. The van der Waals surface area contributed by atoms with E-state index in [1.54, 1.807) is 37.4 Å². The molecule has 0 aliphatic carbocycles. The van der Waals surface area contributed by atoms with Crippen molar-refractivity contribution in [2.45, 2.75) is 12.8 Å². The molecule has 4 rings (SSSR count). The Morgan fingerprint density at radius 1 is 1.00 bits per heavy atom. The molecule has 1 amide bonds. The number of anilines is 1. The van der Waals surface area contributed by atoms with Crippen molar-refractivity contribution in [3.05, 3.63) is 82.9 Å². The molecule has 3 aromatic carbocycles. The molecule has 0 bridgehead atoms. The van der Waals surface area contributed by atoms with Gasteiger partial charge in [-0.2, -0.15) is 0 Å². The number of nitrogens with zero attached hydrogens (tertiary/aromatic N) is 2. The summed E-state index contributed by atoms with van der Waals surface area (Å²) in [6.45, 7) is -0.379. The first kappa shape index (κ1) is 20.3. The summed E-state index contributed by atoms with van der Waals surface area (Å²) in [6.07, 6.45) is 0.254. The van der Waals surface area contributed by atoms with E-state index in [2.05, 4.69) is 10.3 Å². The fourth-order valence-corrected chi connectivity index (χ4v) is 3.38. The lowest BCUT2D eigenvalue weighted by molar-refractivity contribution is -0.147. The standard InChI is InChI=1S/C24H21N3O4/c1-27-21(26-20-9-5-4-8-19(20)24(27)30)12-13-23(29)31-15-22(28)25-18-11-10-16-6-2-3-7-17(16)14-18/h2-11,14H,12-13,15H2,1H3,(H,25,28). The molecule has 0 aliphatic rings.